The largest absolute Gasteiger partial charge is 0.356 e. The fourth-order valence-electron chi connectivity index (χ4n) is 4.31. The minimum Gasteiger partial charge on any atom is -0.356 e. The lowest BCUT2D eigenvalue weighted by Gasteiger charge is -2.32. The van der Waals surface area contributed by atoms with Crippen LogP contribution in [0.15, 0.2) is 65.3 Å². The second kappa shape index (κ2) is 10.2. The summed E-state index contributed by atoms with van der Waals surface area (Å²) in [6.45, 7) is 3.28. The first-order valence-corrected chi connectivity index (χ1v) is 11.8. The molecule has 0 unspecified atom stereocenters. The van der Waals surface area contributed by atoms with Gasteiger partial charge in [0.1, 0.15) is 17.5 Å². The van der Waals surface area contributed by atoms with Gasteiger partial charge >= 0.3 is 0 Å². The molecule has 2 aromatic carbocycles. The molecular formula is C27H25F2N5O2. The molecule has 36 heavy (non-hydrogen) atoms. The highest BCUT2D eigenvalue weighted by Gasteiger charge is 2.28. The van der Waals surface area contributed by atoms with Crippen molar-refractivity contribution >= 4 is 11.7 Å². The van der Waals surface area contributed by atoms with Gasteiger partial charge in [-0.2, -0.15) is 4.98 Å². The summed E-state index contributed by atoms with van der Waals surface area (Å²) >= 11 is 0. The Labute approximate surface area is 207 Å². The number of nitrogens with zero attached hydrogens (tertiary/aromatic N) is 4. The first-order valence-electron chi connectivity index (χ1n) is 11.8. The zero-order valence-corrected chi connectivity index (χ0v) is 19.7. The molecule has 1 fully saturated rings. The summed E-state index contributed by atoms with van der Waals surface area (Å²) in [6, 6.07) is 15.0. The highest BCUT2D eigenvalue weighted by molar-refractivity contribution is 5.79. The molecule has 184 valence electrons. The Bertz CT molecular complexity index is 1360. The molecule has 1 saturated heterocycles. The summed E-state index contributed by atoms with van der Waals surface area (Å²) in [6.07, 6.45) is 2.95. The Kier molecular flexibility index (Phi) is 6.71. The van der Waals surface area contributed by atoms with Crippen molar-refractivity contribution in [3.05, 3.63) is 83.6 Å². The molecule has 0 radical (unpaired) electrons. The van der Waals surface area contributed by atoms with Crippen molar-refractivity contribution < 1.29 is 18.1 Å². The van der Waals surface area contributed by atoms with Crippen LogP contribution >= 0.6 is 0 Å². The van der Waals surface area contributed by atoms with Gasteiger partial charge < -0.3 is 14.7 Å². The van der Waals surface area contributed by atoms with E-state index < -0.39 is 11.6 Å². The second-order valence-electron chi connectivity index (χ2n) is 8.88. The van der Waals surface area contributed by atoms with E-state index in [0.29, 0.717) is 37.6 Å². The van der Waals surface area contributed by atoms with Gasteiger partial charge in [0, 0.05) is 48.9 Å². The lowest BCUT2D eigenvalue weighted by Crippen LogP contribution is -2.41. The molecule has 0 bridgehead atoms. The maximum atomic E-state index is 13.9. The first kappa shape index (κ1) is 23.6. The minimum atomic E-state index is -0.667. The highest BCUT2D eigenvalue weighted by Crippen LogP contribution is 2.32. The van der Waals surface area contributed by atoms with Crippen LogP contribution in [0.5, 0.6) is 0 Å². The van der Waals surface area contributed by atoms with Crippen LogP contribution in [0.4, 0.5) is 14.6 Å². The van der Waals surface area contributed by atoms with Crippen molar-refractivity contribution in [2.24, 2.45) is 5.92 Å². The van der Waals surface area contributed by atoms with Gasteiger partial charge in [-0.25, -0.2) is 13.8 Å². The summed E-state index contributed by atoms with van der Waals surface area (Å²) < 4.78 is 32.5. The number of pyridine rings is 1. The van der Waals surface area contributed by atoms with E-state index in [1.807, 2.05) is 43.3 Å². The topological polar surface area (TPSA) is 84.2 Å². The van der Waals surface area contributed by atoms with E-state index in [0.717, 1.165) is 28.6 Å². The van der Waals surface area contributed by atoms with E-state index in [2.05, 4.69) is 25.3 Å². The Hall–Kier alpha value is -4.14. The number of nitrogens with one attached hydrogen (secondary N) is 1. The van der Waals surface area contributed by atoms with E-state index in [9.17, 15) is 13.6 Å². The summed E-state index contributed by atoms with van der Waals surface area (Å²) in [5.74, 6) is -0.0330. The maximum absolute atomic E-state index is 13.9. The van der Waals surface area contributed by atoms with Gasteiger partial charge in [-0.1, -0.05) is 41.1 Å². The van der Waals surface area contributed by atoms with Crippen molar-refractivity contribution in [2.75, 3.05) is 18.0 Å². The van der Waals surface area contributed by atoms with Crippen molar-refractivity contribution in [2.45, 2.75) is 26.3 Å². The van der Waals surface area contributed by atoms with E-state index >= 15 is 0 Å². The third-order valence-corrected chi connectivity index (χ3v) is 6.39. The van der Waals surface area contributed by atoms with Crippen LogP contribution < -0.4 is 10.2 Å². The van der Waals surface area contributed by atoms with E-state index in [4.69, 9.17) is 4.52 Å². The Morgan fingerprint density at radius 3 is 2.64 bits per heavy atom. The summed E-state index contributed by atoms with van der Waals surface area (Å²) in [7, 11) is 0. The summed E-state index contributed by atoms with van der Waals surface area (Å²) in [5, 5.41) is 6.91. The fraction of sp³-hybridized carbons (Fsp3) is 0.259. The smallest absolute Gasteiger partial charge is 0.261 e. The number of anilines is 1. The lowest BCUT2D eigenvalue weighted by molar-refractivity contribution is -0.125. The number of amides is 1. The molecule has 1 aliphatic rings. The highest BCUT2D eigenvalue weighted by atomic mass is 19.1. The number of benzene rings is 2. The quantitative estimate of drug-likeness (QED) is 0.414. The molecule has 9 heteroatoms. The molecule has 3 heterocycles. The molecule has 5 rings (SSSR count). The third kappa shape index (κ3) is 5.10. The number of hydrogen-bond acceptors (Lipinski definition) is 6. The Morgan fingerprint density at radius 1 is 1.11 bits per heavy atom. The maximum Gasteiger partial charge on any atom is 0.261 e. The van der Waals surface area contributed by atoms with E-state index in [1.54, 1.807) is 6.20 Å². The molecule has 1 amide bonds. The molecule has 1 aliphatic heterocycles. The standard InChI is InChI=1S/C27H25F2N5O2/c1-17-4-6-18(7-5-17)24-32-27(36-33-24)22-3-2-12-30-25(22)34-13-10-19(11-14-34)26(35)31-16-20-8-9-21(28)15-23(20)29/h2-9,12,15,19H,10-11,13-14,16H2,1H3,(H,31,35). The van der Waals surface area contributed by atoms with Gasteiger partial charge in [0.25, 0.3) is 5.89 Å². The predicted octanol–water partition coefficient (Wildman–Crippen LogP) is 4.92. The number of aryl methyl sites for hydroxylation is 1. The monoisotopic (exact) mass is 489 g/mol. The Balaban J connectivity index is 1.23. The van der Waals surface area contributed by atoms with Crippen LogP contribution in [-0.4, -0.2) is 34.1 Å². The molecule has 0 atom stereocenters. The van der Waals surface area contributed by atoms with Crippen molar-refractivity contribution in [1.82, 2.24) is 20.4 Å². The van der Waals surface area contributed by atoms with Gasteiger partial charge in [-0.05, 0) is 38.0 Å². The fourth-order valence-corrected chi connectivity index (χ4v) is 4.31. The molecule has 0 aliphatic carbocycles. The zero-order valence-electron chi connectivity index (χ0n) is 19.7. The third-order valence-electron chi connectivity index (χ3n) is 6.39. The number of hydrogen-bond donors (Lipinski definition) is 1. The number of aromatic nitrogens is 3. The number of piperidine rings is 1. The molecule has 0 spiro atoms. The van der Waals surface area contributed by atoms with Gasteiger partial charge in [0.05, 0.1) is 5.56 Å². The lowest BCUT2D eigenvalue weighted by atomic mass is 9.95. The number of carbonyl (C=O) groups excluding carboxylic acids is 1. The Morgan fingerprint density at radius 2 is 1.89 bits per heavy atom. The van der Waals surface area contributed by atoms with Crippen molar-refractivity contribution in [3.63, 3.8) is 0 Å². The molecule has 1 N–H and O–H groups in total. The first-order chi connectivity index (χ1) is 17.5. The minimum absolute atomic E-state index is 0.0238. The van der Waals surface area contributed by atoms with Crippen LogP contribution in [0.3, 0.4) is 0 Å². The van der Waals surface area contributed by atoms with E-state index in [-0.39, 0.29) is 23.9 Å². The normalized spacial score (nSPS) is 14.1. The van der Waals surface area contributed by atoms with Crippen LogP contribution in [0.1, 0.15) is 24.0 Å². The van der Waals surface area contributed by atoms with Gasteiger partial charge in [0.2, 0.25) is 11.7 Å². The SMILES string of the molecule is Cc1ccc(-c2noc(-c3cccnc3N3CCC(C(=O)NCc4ccc(F)cc4F)CC3)n2)cc1. The molecule has 0 saturated carbocycles. The van der Waals surface area contributed by atoms with Crippen LogP contribution in [0.25, 0.3) is 22.8 Å². The molecular weight excluding hydrogens is 464 g/mol. The van der Waals surface area contributed by atoms with Crippen LogP contribution in [-0.2, 0) is 11.3 Å². The van der Waals surface area contributed by atoms with Crippen LogP contribution in [0.2, 0.25) is 0 Å². The van der Waals surface area contributed by atoms with Gasteiger partial charge in [-0.15, -0.1) is 0 Å². The van der Waals surface area contributed by atoms with Gasteiger partial charge in [-0.3, -0.25) is 4.79 Å². The molecule has 4 aromatic rings. The van der Waals surface area contributed by atoms with E-state index in [1.165, 1.54) is 12.1 Å². The van der Waals surface area contributed by atoms with Crippen LogP contribution in [0, 0.1) is 24.5 Å². The van der Waals surface area contributed by atoms with Gasteiger partial charge in [0.15, 0.2) is 0 Å². The average Bonchev–Trinajstić information content (AvgIpc) is 3.39. The summed E-state index contributed by atoms with van der Waals surface area (Å²) in [5.41, 5.74) is 3.01. The predicted molar refractivity (Wildman–Crippen MR) is 131 cm³/mol. The number of rotatable bonds is 6. The second-order valence-corrected chi connectivity index (χ2v) is 8.88. The average molecular weight is 490 g/mol. The number of halogens is 2. The summed E-state index contributed by atoms with van der Waals surface area (Å²) in [4.78, 5) is 23.9. The van der Waals surface area contributed by atoms with Crippen molar-refractivity contribution in [1.29, 1.82) is 0 Å². The molecule has 7 nitrogen and oxygen atoms in total. The zero-order chi connectivity index (χ0) is 25.1. The number of carbonyl (C=O) groups is 1. The molecule has 2 aromatic heterocycles. The van der Waals surface area contributed by atoms with Crippen molar-refractivity contribution in [3.8, 4) is 22.8 Å².